The maximum Gasteiger partial charge on any atom is 0.265 e. The number of hydrogen-bond donors (Lipinski definition) is 3. The summed E-state index contributed by atoms with van der Waals surface area (Å²) in [6, 6.07) is 20.1. The molecule has 3 N–H and O–H groups in total. The number of hydrogen-bond acceptors (Lipinski definition) is 6. The van der Waals surface area contributed by atoms with Crippen LogP contribution in [0.2, 0.25) is 0 Å². The first-order valence-electron chi connectivity index (χ1n) is 12.2. The lowest BCUT2D eigenvalue weighted by Gasteiger charge is -2.30. The highest BCUT2D eigenvalue weighted by molar-refractivity contribution is 7.93. The quantitative estimate of drug-likeness (QED) is 0.168. The Labute approximate surface area is 216 Å². The first-order chi connectivity index (χ1) is 17.8. The van der Waals surface area contributed by atoms with Gasteiger partial charge in [-0.1, -0.05) is 49.7 Å². The molecule has 3 aromatic rings. The topological polar surface area (TPSA) is 113 Å². The van der Waals surface area contributed by atoms with Crippen molar-refractivity contribution in [2.24, 2.45) is 0 Å². The molecular weight excluding hydrogens is 497 g/mol. The molecule has 1 amide bonds. The van der Waals surface area contributed by atoms with Gasteiger partial charge in [0.25, 0.3) is 5.91 Å². The summed E-state index contributed by atoms with van der Waals surface area (Å²) in [4.78, 5) is 12.3. The van der Waals surface area contributed by atoms with Gasteiger partial charge >= 0.3 is 0 Å². The Morgan fingerprint density at radius 1 is 1.03 bits per heavy atom. The number of carbonyl (C=O) groups excluding carboxylic acids is 1. The summed E-state index contributed by atoms with van der Waals surface area (Å²) in [6.45, 7) is 1.55. The lowest BCUT2D eigenvalue weighted by molar-refractivity contribution is -0.132. The number of halogens is 1. The number of aryl methyl sites for hydroxylation is 1. The molecule has 0 bridgehead atoms. The number of sulfone groups is 1. The molecule has 9 heteroatoms. The summed E-state index contributed by atoms with van der Waals surface area (Å²) in [7, 11) is -4.23. The number of rotatable bonds is 13. The fourth-order valence-electron chi connectivity index (χ4n) is 4.40. The van der Waals surface area contributed by atoms with Crippen LogP contribution in [0.5, 0.6) is 5.75 Å². The minimum Gasteiger partial charge on any atom is -0.494 e. The van der Waals surface area contributed by atoms with Crippen LogP contribution in [-0.4, -0.2) is 42.6 Å². The minimum absolute atomic E-state index is 0.0596. The Morgan fingerprint density at radius 3 is 2.35 bits per heavy atom. The van der Waals surface area contributed by atoms with Crippen molar-refractivity contribution in [2.45, 2.75) is 48.7 Å². The zero-order valence-electron chi connectivity index (χ0n) is 20.7. The summed E-state index contributed by atoms with van der Waals surface area (Å²) in [5, 5.41) is 18.6. The second-order valence-corrected chi connectivity index (χ2v) is 11.0. The van der Waals surface area contributed by atoms with Crippen molar-refractivity contribution >= 4 is 15.7 Å². The molecule has 0 saturated heterocycles. The predicted octanol–water partition coefficient (Wildman–Crippen LogP) is 4.70. The van der Waals surface area contributed by atoms with Gasteiger partial charge in [0.05, 0.1) is 11.5 Å². The molecule has 7 nitrogen and oxygen atoms in total. The van der Waals surface area contributed by atoms with E-state index in [0.717, 1.165) is 11.1 Å². The number of amides is 1. The highest BCUT2D eigenvalue weighted by Gasteiger charge is 2.50. The molecule has 0 aliphatic heterocycles. The van der Waals surface area contributed by atoms with E-state index in [4.69, 9.17) is 4.74 Å². The van der Waals surface area contributed by atoms with Crippen molar-refractivity contribution in [1.29, 1.82) is 0 Å². The molecule has 0 radical (unpaired) electrons. The molecule has 1 unspecified atom stereocenters. The summed E-state index contributed by atoms with van der Waals surface area (Å²) in [6.07, 6.45) is 1.28. The third-order valence-corrected chi connectivity index (χ3v) is 8.84. The predicted molar refractivity (Wildman–Crippen MR) is 139 cm³/mol. The zero-order valence-corrected chi connectivity index (χ0v) is 21.5. The van der Waals surface area contributed by atoms with Crippen LogP contribution in [0.25, 0.3) is 11.1 Å². The summed E-state index contributed by atoms with van der Waals surface area (Å²) in [5.41, 5.74) is 3.79. The van der Waals surface area contributed by atoms with Crippen LogP contribution in [0.15, 0.2) is 77.7 Å². The average Bonchev–Trinajstić information content (AvgIpc) is 2.92. The summed E-state index contributed by atoms with van der Waals surface area (Å²) >= 11 is 0. The highest BCUT2D eigenvalue weighted by Crippen LogP contribution is 2.34. The van der Waals surface area contributed by atoms with Crippen LogP contribution in [0.3, 0.4) is 0 Å². The molecule has 198 valence electrons. The lowest BCUT2D eigenvalue weighted by atomic mass is 9.98. The molecule has 0 aliphatic rings. The number of benzene rings is 3. The van der Waals surface area contributed by atoms with E-state index >= 15 is 0 Å². The molecule has 0 aliphatic carbocycles. The molecule has 0 fully saturated rings. The maximum atomic E-state index is 14.3. The highest BCUT2D eigenvalue weighted by atomic mass is 32.2. The Morgan fingerprint density at radius 2 is 1.73 bits per heavy atom. The van der Waals surface area contributed by atoms with E-state index < -0.39 is 27.1 Å². The first kappa shape index (κ1) is 28.3. The molecule has 1 atom stereocenters. The SMILES string of the molecule is CCCC(CCO)(C(=O)NO)S(=O)(=O)c1ccc(OCCCc2ccc(F)c(-c3ccccc3)c2)cc1. The molecular formula is C28H32FNO6S. The third kappa shape index (κ3) is 6.36. The molecule has 37 heavy (non-hydrogen) atoms. The van der Waals surface area contributed by atoms with E-state index in [-0.39, 0.29) is 23.6 Å². The minimum atomic E-state index is -4.23. The largest absolute Gasteiger partial charge is 0.494 e. The zero-order chi connectivity index (χ0) is 26.9. The van der Waals surface area contributed by atoms with Crippen molar-refractivity contribution in [3.63, 3.8) is 0 Å². The fraction of sp³-hybridized carbons (Fsp3) is 0.321. The van der Waals surface area contributed by atoms with E-state index in [1.165, 1.54) is 35.8 Å². The van der Waals surface area contributed by atoms with Crippen molar-refractivity contribution < 1.29 is 32.7 Å². The molecule has 3 rings (SSSR count). The smallest absolute Gasteiger partial charge is 0.265 e. The van der Waals surface area contributed by atoms with Crippen molar-refractivity contribution in [2.75, 3.05) is 13.2 Å². The van der Waals surface area contributed by atoms with E-state index in [9.17, 15) is 27.9 Å². The van der Waals surface area contributed by atoms with Gasteiger partial charge in [-0.05, 0) is 73.2 Å². The number of aliphatic hydroxyl groups is 1. The van der Waals surface area contributed by atoms with Gasteiger partial charge in [0.15, 0.2) is 14.6 Å². The van der Waals surface area contributed by atoms with Gasteiger partial charge in [0.2, 0.25) is 0 Å². The number of hydroxylamine groups is 1. The normalized spacial score (nSPS) is 13.1. The lowest BCUT2D eigenvalue weighted by Crippen LogP contribution is -2.52. The Kier molecular flexibility index (Phi) is 9.79. The van der Waals surface area contributed by atoms with Gasteiger partial charge < -0.3 is 9.84 Å². The van der Waals surface area contributed by atoms with Crippen LogP contribution in [0, 0.1) is 5.82 Å². The monoisotopic (exact) mass is 529 g/mol. The van der Waals surface area contributed by atoms with Crippen LogP contribution in [0.4, 0.5) is 4.39 Å². The van der Waals surface area contributed by atoms with Gasteiger partial charge in [-0.25, -0.2) is 18.3 Å². The Hall–Kier alpha value is -3.27. The third-order valence-electron chi connectivity index (χ3n) is 6.33. The van der Waals surface area contributed by atoms with Gasteiger partial charge in [-0.2, -0.15) is 0 Å². The summed E-state index contributed by atoms with van der Waals surface area (Å²) in [5.74, 6) is -0.891. The van der Waals surface area contributed by atoms with Gasteiger partial charge in [-0.3, -0.25) is 10.0 Å². The average molecular weight is 530 g/mol. The van der Waals surface area contributed by atoms with Crippen LogP contribution in [-0.2, 0) is 21.1 Å². The summed E-state index contributed by atoms with van der Waals surface area (Å²) < 4.78 is 44.8. The van der Waals surface area contributed by atoms with E-state index in [2.05, 4.69) is 0 Å². The van der Waals surface area contributed by atoms with E-state index in [1.54, 1.807) is 13.0 Å². The molecule has 3 aromatic carbocycles. The fourth-order valence-corrected chi connectivity index (χ4v) is 6.47. The van der Waals surface area contributed by atoms with Crippen molar-refractivity contribution in [3.8, 4) is 16.9 Å². The maximum absolute atomic E-state index is 14.3. The number of nitrogens with one attached hydrogen (secondary N) is 1. The number of carbonyl (C=O) groups is 1. The van der Waals surface area contributed by atoms with Crippen LogP contribution in [0.1, 0.15) is 38.2 Å². The first-order valence-corrected chi connectivity index (χ1v) is 13.6. The van der Waals surface area contributed by atoms with E-state index in [1.807, 2.05) is 36.4 Å². The number of aliphatic hydroxyl groups excluding tert-OH is 1. The van der Waals surface area contributed by atoms with E-state index in [0.29, 0.717) is 37.2 Å². The van der Waals surface area contributed by atoms with Gasteiger partial charge in [0, 0.05) is 12.2 Å². The molecule has 0 saturated carbocycles. The number of ether oxygens (including phenoxy) is 1. The van der Waals surface area contributed by atoms with Gasteiger partial charge in [0.1, 0.15) is 11.6 Å². The Balaban J connectivity index is 1.65. The van der Waals surface area contributed by atoms with Crippen LogP contribution >= 0.6 is 0 Å². The molecule has 0 aromatic heterocycles. The van der Waals surface area contributed by atoms with Crippen molar-refractivity contribution in [3.05, 3.63) is 84.2 Å². The standard InChI is InChI=1S/C28H32FNO6S/c1-2-16-28(17-18-31,27(32)30-33)37(34,35)24-13-11-23(12-14-24)36-19-6-7-21-10-15-26(29)25(20-21)22-8-4-3-5-9-22/h3-5,8-15,20,31,33H,2,6-7,16-19H2,1H3,(H,30,32). The molecule has 0 spiro atoms. The van der Waals surface area contributed by atoms with Crippen LogP contribution < -0.4 is 10.2 Å². The van der Waals surface area contributed by atoms with Gasteiger partial charge in [-0.15, -0.1) is 0 Å². The molecule has 0 heterocycles. The Bertz CT molecular complexity index is 1270. The second-order valence-electron chi connectivity index (χ2n) is 8.77. The van der Waals surface area contributed by atoms with Crippen molar-refractivity contribution in [1.82, 2.24) is 5.48 Å². The second kappa shape index (κ2) is 12.8.